The molecule has 0 amide bonds. The van der Waals surface area contributed by atoms with E-state index in [9.17, 15) is 8.42 Å². The van der Waals surface area contributed by atoms with Gasteiger partial charge >= 0.3 is 0 Å². The van der Waals surface area contributed by atoms with Gasteiger partial charge in [0, 0.05) is 12.5 Å². The van der Waals surface area contributed by atoms with Crippen molar-refractivity contribution in [2.45, 2.75) is 57.2 Å². The van der Waals surface area contributed by atoms with Crippen LogP contribution < -0.4 is 4.72 Å². The third-order valence-electron chi connectivity index (χ3n) is 3.18. The fourth-order valence-electron chi connectivity index (χ4n) is 1.98. The number of rotatable bonds is 4. The Morgan fingerprint density at radius 3 is 2.31 bits per heavy atom. The molecule has 0 bridgehead atoms. The van der Waals surface area contributed by atoms with Crippen LogP contribution in [0.3, 0.4) is 0 Å². The second kappa shape index (κ2) is 5.65. The fourth-order valence-corrected chi connectivity index (χ4v) is 2.95. The number of sulfonamides is 1. The molecular formula is C11H20N2O2S. The van der Waals surface area contributed by atoms with E-state index in [4.69, 9.17) is 5.26 Å². The molecule has 1 aliphatic rings. The molecule has 5 heteroatoms. The standard InChI is InChI=1S/C11H20N2O2S/c1-9(2)16(14,15)13-11-5-3-10(4-6-11)7-8-12/h9-11,13H,3-7H2,1-2H3. The zero-order chi connectivity index (χ0) is 12.2. The molecule has 0 atom stereocenters. The number of hydrogen-bond donors (Lipinski definition) is 1. The van der Waals surface area contributed by atoms with Gasteiger partial charge in [0.05, 0.1) is 11.3 Å². The van der Waals surface area contributed by atoms with Gasteiger partial charge in [0.25, 0.3) is 0 Å². The first-order chi connectivity index (χ1) is 7.45. The minimum Gasteiger partial charge on any atom is -0.212 e. The molecule has 4 nitrogen and oxygen atoms in total. The summed E-state index contributed by atoms with van der Waals surface area (Å²) in [6, 6.07) is 2.25. The molecule has 0 unspecified atom stereocenters. The van der Waals surface area contributed by atoms with Crippen molar-refractivity contribution in [2.24, 2.45) is 5.92 Å². The van der Waals surface area contributed by atoms with Gasteiger partial charge in [-0.2, -0.15) is 5.26 Å². The quantitative estimate of drug-likeness (QED) is 0.819. The van der Waals surface area contributed by atoms with E-state index in [1.165, 1.54) is 0 Å². The van der Waals surface area contributed by atoms with Gasteiger partial charge in [-0.3, -0.25) is 0 Å². The lowest BCUT2D eigenvalue weighted by Gasteiger charge is -2.28. The van der Waals surface area contributed by atoms with Gasteiger partial charge in [-0.05, 0) is 45.4 Å². The van der Waals surface area contributed by atoms with Crippen LogP contribution >= 0.6 is 0 Å². The third kappa shape index (κ3) is 3.76. The van der Waals surface area contributed by atoms with Gasteiger partial charge in [0.15, 0.2) is 0 Å². The molecule has 0 radical (unpaired) electrons. The zero-order valence-electron chi connectivity index (χ0n) is 9.94. The summed E-state index contributed by atoms with van der Waals surface area (Å²) >= 11 is 0. The van der Waals surface area contributed by atoms with Crippen molar-refractivity contribution in [3.05, 3.63) is 0 Å². The molecule has 1 rings (SSSR count). The largest absolute Gasteiger partial charge is 0.214 e. The summed E-state index contributed by atoms with van der Waals surface area (Å²) in [5.74, 6) is 0.463. The van der Waals surface area contributed by atoms with Crippen molar-refractivity contribution in [1.29, 1.82) is 5.26 Å². The highest BCUT2D eigenvalue weighted by Gasteiger charge is 2.25. The van der Waals surface area contributed by atoms with Gasteiger partial charge < -0.3 is 0 Å². The first-order valence-corrected chi connectivity index (χ1v) is 7.38. The van der Waals surface area contributed by atoms with Crippen molar-refractivity contribution < 1.29 is 8.42 Å². The maximum absolute atomic E-state index is 11.6. The van der Waals surface area contributed by atoms with Crippen molar-refractivity contribution in [3.63, 3.8) is 0 Å². The SMILES string of the molecule is CC(C)S(=O)(=O)NC1CCC(CC#N)CC1. The zero-order valence-corrected chi connectivity index (χ0v) is 10.8. The van der Waals surface area contributed by atoms with Crippen LogP contribution in [0.1, 0.15) is 46.0 Å². The first kappa shape index (κ1) is 13.5. The maximum Gasteiger partial charge on any atom is 0.214 e. The van der Waals surface area contributed by atoms with E-state index in [-0.39, 0.29) is 11.3 Å². The highest BCUT2D eigenvalue weighted by atomic mass is 32.2. The Labute approximate surface area is 98.1 Å². The highest BCUT2D eigenvalue weighted by Crippen LogP contribution is 2.26. The molecule has 0 aromatic heterocycles. The molecule has 92 valence electrons. The molecule has 16 heavy (non-hydrogen) atoms. The Kier molecular flexibility index (Phi) is 4.75. The van der Waals surface area contributed by atoms with Crippen LogP contribution in [0.15, 0.2) is 0 Å². The van der Waals surface area contributed by atoms with Crippen molar-refractivity contribution in [2.75, 3.05) is 0 Å². The average Bonchev–Trinajstić information content (AvgIpc) is 2.21. The minimum absolute atomic E-state index is 0.0716. The summed E-state index contributed by atoms with van der Waals surface area (Å²) in [5, 5.41) is 8.21. The van der Waals surface area contributed by atoms with Crippen LogP contribution in [0, 0.1) is 17.2 Å². The summed E-state index contributed by atoms with van der Waals surface area (Å²) in [6.45, 7) is 3.37. The molecule has 1 aliphatic carbocycles. The highest BCUT2D eigenvalue weighted by molar-refractivity contribution is 7.90. The molecule has 0 aromatic rings. The van der Waals surface area contributed by atoms with Crippen LogP contribution in [0.5, 0.6) is 0 Å². The minimum atomic E-state index is -3.14. The number of nitrogens with one attached hydrogen (secondary N) is 1. The average molecular weight is 244 g/mol. The monoisotopic (exact) mass is 244 g/mol. The number of nitrogens with zero attached hydrogens (tertiary/aromatic N) is 1. The molecule has 0 spiro atoms. The predicted octanol–water partition coefficient (Wildman–Crippen LogP) is 1.79. The normalized spacial score (nSPS) is 26.6. The summed E-state index contributed by atoms with van der Waals surface area (Å²) in [5.41, 5.74) is 0. The Hall–Kier alpha value is -0.600. The second-order valence-corrected chi connectivity index (χ2v) is 7.06. The second-order valence-electron chi connectivity index (χ2n) is 4.79. The lowest BCUT2D eigenvalue weighted by Crippen LogP contribution is -2.41. The molecule has 1 fully saturated rings. The summed E-state index contributed by atoms with van der Waals surface area (Å²) in [7, 11) is -3.14. The van der Waals surface area contributed by atoms with E-state index >= 15 is 0 Å². The van der Waals surface area contributed by atoms with Gasteiger partial charge in [-0.25, -0.2) is 13.1 Å². The molecule has 1 N–H and O–H groups in total. The summed E-state index contributed by atoms with van der Waals surface area (Å²) in [6.07, 6.45) is 4.23. The molecule has 0 aliphatic heterocycles. The van der Waals surface area contributed by atoms with Crippen LogP contribution in [0.4, 0.5) is 0 Å². The van der Waals surface area contributed by atoms with Crippen molar-refractivity contribution in [1.82, 2.24) is 4.72 Å². The third-order valence-corrected chi connectivity index (χ3v) is 5.08. The van der Waals surface area contributed by atoms with E-state index < -0.39 is 10.0 Å². The van der Waals surface area contributed by atoms with Crippen LogP contribution in [-0.2, 0) is 10.0 Å². The smallest absolute Gasteiger partial charge is 0.212 e. The van der Waals surface area contributed by atoms with E-state index in [1.807, 2.05) is 0 Å². The Balaban J connectivity index is 2.41. The van der Waals surface area contributed by atoms with Crippen LogP contribution in [0.2, 0.25) is 0 Å². The molecule has 0 heterocycles. The van der Waals surface area contributed by atoms with E-state index in [2.05, 4.69) is 10.8 Å². The van der Waals surface area contributed by atoms with Gasteiger partial charge in [-0.15, -0.1) is 0 Å². The Morgan fingerprint density at radius 1 is 1.31 bits per heavy atom. The van der Waals surface area contributed by atoms with Crippen molar-refractivity contribution in [3.8, 4) is 6.07 Å². The fraction of sp³-hybridized carbons (Fsp3) is 0.909. The van der Waals surface area contributed by atoms with Gasteiger partial charge in [0.1, 0.15) is 0 Å². The summed E-state index contributed by atoms with van der Waals surface area (Å²) in [4.78, 5) is 0. The Morgan fingerprint density at radius 2 is 1.88 bits per heavy atom. The van der Waals surface area contributed by atoms with Gasteiger partial charge in [0.2, 0.25) is 10.0 Å². The molecular weight excluding hydrogens is 224 g/mol. The van der Waals surface area contributed by atoms with Crippen LogP contribution in [-0.4, -0.2) is 19.7 Å². The first-order valence-electron chi connectivity index (χ1n) is 5.83. The lowest BCUT2D eigenvalue weighted by molar-refractivity contribution is 0.316. The van der Waals surface area contributed by atoms with Crippen LogP contribution in [0.25, 0.3) is 0 Å². The molecule has 1 saturated carbocycles. The Bertz CT molecular complexity index is 349. The predicted molar refractivity (Wildman–Crippen MR) is 63.2 cm³/mol. The maximum atomic E-state index is 11.6. The van der Waals surface area contributed by atoms with Gasteiger partial charge in [-0.1, -0.05) is 0 Å². The topological polar surface area (TPSA) is 70.0 Å². The summed E-state index contributed by atoms with van der Waals surface area (Å²) < 4.78 is 26.0. The number of hydrogen-bond acceptors (Lipinski definition) is 3. The van der Waals surface area contributed by atoms with E-state index in [1.54, 1.807) is 13.8 Å². The lowest BCUT2D eigenvalue weighted by atomic mass is 9.85. The van der Waals surface area contributed by atoms with E-state index in [0.29, 0.717) is 12.3 Å². The number of nitriles is 1. The van der Waals surface area contributed by atoms with E-state index in [0.717, 1.165) is 25.7 Å². The van der Waals surface area contributed by atoms with Crippen molar-refractivity contribution >= 4 is 10.0 Å². The molecule has 0 aromatic carbocycles. The molecule has 0 saturated heterocycles.